The zero-order chi connectivity index (χ0) is 11.7. The van der Waals surface area contributed by atoms with Crippen molar-refractivity contribution in [3.05, 3.63) is 50.9 Å². The standard InChI is InChI=1S/C10H9N3O3/c1-6-8(14)12-10(16)13(9(6)15)7-3-2-4-11-5-7/h2-5,15H,1H3,(H,12,14,16). The minimum atomic E-state index is -0.693. The van der Waals surface area contributed by atoms with Crippen LogP contribution in [-0.2, 0) is 0 Å². The summed E-state index contributed by atoms with van der Waals surface area (Å²) in [6.07, 6.45) is 2.96. The molecule has 2 aromatic rings. The van der Waals surface area contributed by atoms with Crippen molar-refractivity contribution in [1.82, 2.24) is 14.5 Å². The van der Waals surface area contributed by atoms with E-state index in [1.807, 2.05) is 0 Å². The Kier molecular flexibility index (Phi) is 2.32. The van der Waals surface area contributed by atoms with Crippen LogP contribution in [-0.4, -0.2) is 19.6 Å². The van der Waals surface area contributed by atoms with Gasteiger partial charge >= 0.3 is 5.69 Å². The maximum atomic E-state index is 11.5. The molecule has 0 radical (unpaired) electrons. The molecule has 6 nitrogen and oxygen atoms in total. The Hall–Kier alpha value is -2.37. The van der Waals surface area contributed by atoms with Gasteiger partial charge in [0.05, 0.1) is 17.4 Å². The van der Waals surface area contributed by atoms with E-state index in [2.05, 4.69) is 9.97 Å². The summed E-state index contributed by atoms with van der Waals surface area (Å²) in [5, 5.41) is 9.73. The maximum absolute atomic E-state index is 11.5. The van der Waals surface area contributed by atoms with Gasteiger partial charge in [0.2, 0.25) is 5.88 Å². The quantitative estimate of drug-likeness (QED) is 0.703. The first-order valence-corrected chi connectivity index (χ1v) is 4.56. The highest BCUT2D eigenvalue weighted by molar-refractivity contribution is 5.35. The second-order valence-corrected chi connectivity index (χ2v) is 3.25. The molecule has 2 heterocycles. The second kappa shape index (κ2) is 3.65. The minimum absolute atomic E-state index is 0.0865. The van der Waals surface area contributed by atoms with Crippen LogP contribution in [0.4, 0.5) is 0 Å². The molecule has 0 saturated carbocycles. The predicted molar refractivity (Wildman–Crippen MR) is 56.9 cm³/mol. The first-order chi connectivity index (χ1) is 7.61. The van der Waals surface area contributed by atoms with E-state index in [1.54, 1.807) is 18.3 Å². The Bertz CT molecular complexity index is 628. The normalized spacial score (nSPS) is 10.3. The second-order valence-electron chi connectivity index (χ2n) is 3.25. The van der Waals surface area contributed by atoms with E-state index >= 15 is 0 Å². The summed E-state index contributed by atoms with van der Waals surface area (Å²) < 4.78 is 0.990. The highest BCUT2D eigenvalue weighted by Gasteiger charge is 2.11. The van der Waals surface area contributed by atoms with Gasteiger partial charge in [0.15, 0.2) is 0 Å². The number of aromatic nitrogens is 3. The SMILES string of the molecule is Cc1c(O)n(-c2cccnc2)c(=O)[nH]c1=O. The van der Waals surface area contributed by atoms with Crippen LogP contribution in [0.5, 0.6) is 5.88 Å². The molecule has 6 heteroatoms. The highest BCUT2D eigenvalue weighted by Crippen LogP contribution is 2.13. The van der Waals surface area contributed by atoms with Crippen molar-refractivity contribution in [3.8, 4) is 11.6 Å². The third-order valence-electron chi connectivity index (χ3n) is 2.22. The lowest BCUT2D eigenvalue weighted by atomic mass is 10.3. The highest BCUT2D eigenvalue weighted by atomic mass is 16.3. The largest absolute Gasteiger partial charge is 0.494 e. The van der Waals surface area contributed by atoms with Crippen LogP contribution in [0.3, 0.4) is 0 Å². The molecule has 2 N–H and O–H groups in total. The van der Waals surface area contributed by atoms with Gasteiger partial charge in [-0.3, -0.25) is 14.8 Å². The molecular weight excluding hydrogens is 210 g/mol. The summed E-state index contributed by atoms with van der Waals surface area (Å²) >= 11 is 0. The number of aromatic hydroxyl groups is 1. The molecule has 0 amide bonds. The van der Waals surface area contributed by atoms with Crippen molar-refractivity contribution >= 4 is 0 Å². The van der Waals surface area contributed by atoms with Gasteiger partial charge in [-0.15, -0.1) is 0 Å². The molecule has 0 saturated heterocycles. The number of aromatic amines is 1. The molecule has 0 atom stereocenters. The van der Waals surface area contributed by atoms with Crippen molar-refractivity contribution in [2.45, 2.75) is 6.92 Å². The first-order valence-electron chi connectivity index (χ1n) is 4.56. The van der Waals surface area contributed by atoms with Gasteiger partial charge in [0.25, 0.3) is 5.56 Å². The van der Waals surface area contributed by atoms with E-state index < -0.39 is 11.2 Å². The number of H-pyrrole nitrogens is 1. The molecule has 0 spiro atoms. The van der Waals surface area contributed by atoms with E-state index in [9.17, 15) is 14.7 Å². The number of nitrogens with one attached hydrogen (secondary N) is 1. The first kappa shape index (κ1) is 10.2. The van der Waals surface area contributed by atoms with Crippen molar-refractivity contribution in [3.63, 3.8) is 0 Å². The summed E-state index contributed by atoms with van der Waals surface area (Å²) in [7, 11) is 0. The number of pyridine rings is 1. The zero-order valence-electron chi connectivity index (χ0n) is 8.47. The van der Waals surface area contributed by atoms with Crippen molar-refractivity contribution in [2.24, 2.45) is 0 Å². The van der Waals surface area contributed by atoms with Crippen LogP contribution in [0.15, 0.2) is 34.1 Å². The topological polar surface area (TPSA) is 88.0 Å². The van der Waals surface area contributed by atoms with Gasteiger partial charge in [-0.05, 0) is 19.1 Å². The van der Waals surface area contributed by atoms with E-state index in [0.29, 0.717) is 5.69 Å². The van der Waals surface area contributed by atoms with E-state index in [-0.39, 0.29) is 11.4 Å². The summed E-state index contributed by atoms with van der Waals surface area (Å²) in [5.41, 5.74) is -0.809. The van der Waals surface area contributed by atoms with Gasteiger partial charge in [0, 0.05) is 6.20 Å². The number of hydrogen-bond donors (Lipinski definition) is 2. The van der Waals surface area contributed by atoms with E-state index in [4.69, 9.17) is 0 Å². The van der Waals surface area contributed by atoms with Gasteiger partial charge in [-0.25, -0.2) is 9.36 Å². The van der Waals surface area contributed by atoms with Crippen LogP contribution in [0, 0.1) is 6.92 Å². The van der Waals surface area contributed by atoms with Crippen molar-refractivity contribution < 1.29 is 5.11 Å². The summed E-state index contributed by atoms with van der Waals surface area (Å²) in [6, 6.07) is 3.23. The van der Waals surface area contributed by atoms with Crippen LogP contribution < -0.4 is 11.2 Å². The molecule has 82 valence electrons. The van der Waals surface area contributed by atoms with Gasteiger partial charge in [0.1, 0.15) is 0 Å². The molecule has 0 aliphatic rings. The summed E-state index contributed by atoms with van der Waals surface area (Å²) in [6.45, 7) is 1.43. The fraction of sp³-hybridized carbons (Fsp3) is 0.100. The summed E-state index contributed by atoms with van der Waals surface area (Å²) in [4.78, 5) is 28.7. The average molecular weight is 219 g/mol. The maximum Gasteiger partial charge on any atom is 0.335 e. The molecule has 0 aliphatic heterocycles. The third kappa shape index (κ3) is 1.50. The van der Waals surface area contributed by atoms with Crippen LogP contribution in [0.1, 0.15) is 5.56 Å². The molecule has 0 bridgehead atoms. The van der Waals surface area contributed by atoms with E-state index in [1.165, 1.54) is 13.1 Å². The molecular formula is C10H9N3O3. The fourth-order valence-electron chi connectivity index (χ4n) is 1.34. The number of hydrogen-bond acceptors (Lipinski definition) is 4. The Balaban J connectivity index is 2.82. The Morgan fingerprint density at radius 3 is 2.81 bits per heavy atom. The number of nitrogens with zero attached hydrogens (tertiary/aromatic N) is 2. The van der Waals surface area contributed by atoms with Crippen LogP contribution in [0.25, 0.3) is 5.69 Å². The Morgan fingerprint density at radius 2 is 2.19 bits per heavy atom. The van der Waals surface area contributed by atoms with Crippen LogP contribution in [0.2, 0.25) is 0 Å². The van der Waals surface area contributed by atoms with Gasteiger partial charge < -0.3 is 5.11 Å². The number of rotatable bonds is 1. The van der Waals surface area contributed by atoms with Crippen molar-refractivity contribution in [1.29, 1.82) is 0 Å². The van der Waals surface area contributed by atoms with Crippen molar-refractivity contribution in [2.75, 3.05) is 0 Å². The average Bonchev–Trinajstić information content (AvgIpc) is 2.28. The molecule has 0 aliphatic carbocycles. The predicted octanol–water partition coefficient (Wildman–Crippen LogP) is -0.0652. The monoisotopic (exact) mass is 219 g/mol. The lowest BCUT2D eigenvalue weighted by molar-refractivity contribution is 0.426. The molecule has 16 heavy (non-hydrogen) atoms. The molecule has 2 rings (SSSR count). The van der Waals surface area contributed by atoms with E-state index in [0.717, 1.165) is 4.57 Å². The Labute approximate surface area is 89.8 Å². The zero-order valence-corrected chi connectivity index (χ0v) is 8.47. The minimum Gasteiger partial charge on any atom is -0.494 e. The molecule has 0 aromatic carbocycles. The summed E-state index contributed by atoms with van der Waals surface area (Å²) in [5.74, 6) is -0.373. The lowest BCUT2D eigenvalue weighted by Gasteiger charge is -2.08. The lowest BCUT2D eigenvalue weighted by Crippen LogP contribution is -2.30. The molecule has 2 aromatic heterocycles. The Morgan fingerprint density at radius 1 is 1.44 bits per heavy atom. The fourth-order valence-corrected chi connectivity index (χ4v) is 1.34. The molecule has 0 fully saturated rings. The smallest absolute Gasteiger partial charge is 0.335 e. The van der Waals surface area contributed by atoms with Gasteiger partial charge in [-0.2, -0.15) is 0 Å². The third-order valence-corrected chi connectivity index (χ3v) is 2.22. The van der Waals surface area contributed by atoms with Crippen LogP contribution >= 0.6 is 0 Å². The van der Waals surface area contributed by atoms with Gasteiger partial charge in [-0.1, -0.05) is 0 Å². The molecule has 0 unspecified atom stereocenters.